The van der Waals surface area contributed by atoms with Crippen molar-refractivity contribution in [3.8, 4) is 0 Å². The molecule has 0 spiro atoms. The summed E-state index contributed by atoms with van der Waals surface area (Å²) in [7, 11) is -3.51. The maximum atomic E-state index is 12.5. The van der Waals surface area contributed by atoms with Crippen molar-refractivity contribution in [3.63, 3.8) is 0 Å². The van der Waals surface area contributed by atoms with Crippen LogP contribution in [0.15, 0.2) is 18.3 Å². The average molecular weight is 311 g/mol. The average Bonchev–Trinajstić information content (AvgIpc) is 3.02. The number of aromatic nitrogens is 1. The Labute approximate surface area is 125 Å². The van der Waals surface area contributed by atoms with Gasteiger partial charge in [-0.05, 0) is 25.0 Å². The van der Waals surface area contributed by atoms with E-state index in [-0.39, 0.29) is 0 Å². The quantitative estimate of drug-likeness (QED) is 0.833. The standard InChI is InChI=1S/C13H21N5O2S/c19-21(20,18-10-6-14-7-11-18)16-12-4-3-5-15-13(12)17-8-1-2-9-17/h3-5,14,16H,1-2,6-11H2. The highest BCUT2D eigenvalue weighted by molar-refractivity contribution is 7.90. The van der Waals surface area contributed by atoms with Gasteiger partial charge < -0.3 is 10.2 Å². The lowest BCUT2D eigenvalue weighted by Crippen LogP contribution is -2.48. The van der Waals surface area contributed by atoms with Crippen molar-refractivity contribution in [3.05, 3.63) is 18.3 Å². The summed E-state index contributed by atoms with van der Waals surface area (Å²) in [5.41, 5.74) is 0.568. The van der Waals surface area contributed by atoms with Gasteiger partial charge in [-0.2, -0.15) is 12.7 Å². The van der Waals surface area contributed by atoms with Gasteiger partial charge in [0.15, 0.2) is 5.82 Å². The van der Waals surface area contributed by atoms with Crippen molar-refractivity contribution in [2.24, 2.45) is 0 Å². The summed E-state index contributed by atoms with van der Waals surface area (Å²) in [4.78, 5) is 6.49. The van der Waals surface area contributed by atoms with Gasteiger partial charge >= 0.3 is 10.2 Å². The molecule has 0 saturated carbocycles. The summed E-state index contributed by atoms with van der Waals surface area (Å²) in [6.07, 6.45) is 3.96. The second-order valence-corrected chi connectivity index (χ2v) is 7.00. The lowest BCUT2D eigenvalue weighted by Gasteiger charge is -2.28. The maximum Gasteiger partial charge on any atom is 0.301 e. The van der Waals surface area contributed by atoms with Gasteiger partial charge in [-0.1, -0.05) is 0 Å². The number of piperazine rings is 1. The van der Waals surface area contributed by atoms with E-state index in [2.05, 4.69) is 19.9 Å². The summed E-state index contributed by atoms with van der Waals surface area (Å²) >= 11 is 0. The molecule has 0 radical (unpaired) electrons. The molecule has 1 aromatic heterocycles. The zero-order chi connectivity index (χ0) is 14.7. The minimum Gasteiger partial charge on any atom is -0.355 e. The number of hydrogen-bond donors (Lipinski definition) is 2. The second kappa shape index (κ2) is 6.17. The van der Waals surface area contributed by atoms with Crippen LogP contribution in [0.25, 0.3) is 0 Å². The Bertz CT molecular complexity index is 580. The van der Waals surface area contributed by atoms with Gasteiger partial charge in [-0.25, -0.2) is 4.98 Å². The molecule has 2 aliphatic heterocycles. The van der Waals surface area contributed by atoms with E-state index in [9.17, 15) is 8.42 Å². The molecule has 2 saturated heterocycles. The number of nitrogens with zero attached hydrogens (tertiary/aromatic N) is 3. The van der Waals surface area contributed by atoms with Crippen LogP contribution in [-0.4, -0.2) is 57.0 Å². The Kier molecular flexibility index (Phi) is 4.27. The molecule has 0 aliphatic carbocycles. The first-order valence-electron chi connectivity index (χ1n) is 7.35. The zero-order valence-electron chi connectivity index (χ0n) is 12.0. The smallest absolute Gasteiger partial charge is 0.301 e. The molecule has 0 amide bonds. The molecule has 3 heterocycles. The second-order valence-electron chi connectivity index (χ2n) is 5.32. The summed E-state index contributed by atoms with van der Waals surface area (Å²) in [6.45, 7) is 4.22. The van der Waals surface area contributed by atoms with Crippen LogP contribution in [0.4, 0.5) is 11.5 Å². The number of hydrogen-bond acceptors (Lipinski definition) is 5. The maximum absolute atomic E-state index is 12.5. The van der Waals surface area contributed by atoms with Crippen LogP contribution in [0.5, 0.6) is 0 Å². The number of rotatable bonds is 4. The van der Waals surface area contributed by atoms with E-state index in [1.807, 2.05) is 0 Å². The molecule has 0 bridgehead atoms. The van der Waals surface area contributed by atoms with Crippen LogP contribution >= 0.6 is 0 Å². The molecule has 3 rings (SSSR count). The predicted molar refractivity (Wildman–Crippen MR) is 82.7 cm³/mol. The molecule has 0 aromatic carbocycles. The van der Waals surface area contributed by atoms with Crippen LogP contribution in [0.3, 0.4) is 0 Å². The highest BCUT2D eigenvalue weighted by Gasteiger charge is 2.26. The summed E-state index contributed by atoms with van der Waals surface area (Å²) < 4.78 is 29.1. The fourth-order valence-electron chi connectivity index (χ4n) is 2.75. The Morgan fingerprint density at radius 1 is 1.14 bits per heavy atom. The molecular formula is C13H21N5O2S. The lowest BCUT2D eigenvalue weighted by atomic mass is 10.4. The molecule has 21 heavy (non-hydrogen) atoms. The monoisotopic (exact) mass is 311 g/mol. The van der Waals surface area contributed by atoms with Gasteiger partial charge in [0.05, 0.1) is 5.69 Å². The van der Waals surface area contributed by atoms with E-state index in [4.69, 9.17) is 0 Å². The predicted octanol–water partition coefficient (Wildman–Crippen LogP) is 0.244. The minimum absolute atomic E-state index is 0.495. The van der Waals surface area contributed by atoms with Crippen LogP contribution < -0.4 is 14.9 Å². The Balaban J connectivity index is 1.80. The summed E-state index contributed by atoms with van der Waals surface area (Å²) in [5.74, 6) is 0.730. The van der Waals surface area contributed by atoms with Gasteiger partial charge in [0.2, 0.25) is 0 Å². The minimum atomic E-state index is -3.51. The first kappa shape index (κ1) is 14.6. The molecule has 7 nitrogen and oxygen atoms in total. The van der Waals surface area contributed by atoms with Gasteiger partial charge in [0, 0.05) is 45.5 Å². The van der Waals surface area contributed by atoms with E-state index in [1.165, 1.54) is 4.31 Å². The van der Waals surface area contributed by atoms with Crippen molar-refractivity contribution in [1.29, 1.82) is 0 Å². The third-order valence-electron chi connectivity index (χ3n) is 3.85. The largest absolute Gasteiger partial charge is 0.355 e. The number of pyridine rings is 1. The third-order valence-corrected chi connectivity index (χ3v) is 5.37. The van der Waals surface area contributed by atoms with E-state index in [1.54, 1.807) is 18.3 Å². The molecule has 1 aromatic rings. The van der Waals surface area contributed by atoms with Gasteiger partial charge in [0.1, 0.15) is 0 Å². The highest BCUT2D eigenvalue weighted by atomic mass is 32.2. The van der Waals surface area contributed by atoms with Gasteiger partial charge in [-0.15, -0.1) is 0 Å². The molecular weight excluding hydrogens is 290 g/mol. The topological polar surface area (TPSA) is 77.6 Å². The SMILES string of the molecule is O=S(=O)(Nc1cccnc1N1CCCC1)N1CCNCC1. The first-order valence-corrected chi connectivity index (χ1v) is 8.79. The van der Waals surface area contributed by atoms with Crippen molar-refractivity contribution in [1.82, 2.24) is 14.6 Å². The highest BCUT2D eigenvalue weighted by Crippen LogP contribution is 2.27. The third kappa shape index (κ3) is 3.28. The molecule has 2 fully saturated rings. The molecule has 2 aliphatic rings. The van der Waals surface area contributed by atoms with E-state index < -0.39 is 10.2 Å². The molecule has 116 valence electrons. The van der Waals surface area contributed by atoms with E-state index >= 15 is 0 Å². The Morgan fingerprint density at radius 2 is 1.86 bits per heavy atom. The number of nitrogens with one attached hydrogen (secondary N) is 2. The van der Waals surface area contributed by atoms with E-state index in [0.29, 0.717) is 31.9 Å². The van der Waals surface area contributed by atoms with Gasteiger partial charge in [0.25, 0.3) is 0 Å². The van der Waals surface area contributed by atoms with Crippen LogP contribution in [0, 0.1) is 0 Å². The van der Waals surface area contributed by atoms with Crippen molar-refractivity contribution < 1.29 is 8.42 Å². The summed E-state index contributed by atoms with van der Waals surface area (Å²) in [5, 5.41) is 3.15. The zero-order valence-corrected chi connectivity index (χ0v) is 12.8. The Hall–Kier alpha value is -1.38. The van der Waals surface area contributed by atoms with Crippen LogP contribution in [0.2, 0.25) is 0 Å². The van der Waals surface area contributed by atoms with Crippen molar-refractivity contribution >= 4 is 21.7 Å². The van der Waals surface area contributed by atoms with Crippen molar-refractivity contribution in [2.45, 2.75) is 12.8 Å². The van der Waals surface area contributed by atoms with Gasteiger partial charge in [-0.3, -0.25) is 4.72 Å². The Morgan fingerprint density at radius 3 is 2.57 bits per heavy atom. The fraction of sp³-hybridized carbons (Fsp3) is 0.615. The molecule has 8 heteroatoms. The lowest BCUT2D eigenvalue weighted by molar-refractivity contribution is 0.362. The molecule has 0 unspecified atom stereocenters. The van der Waals surface area contributed by atoms with Crippen molar-refractivity contribution in [2.75, 3.05) is 48.9 Å². The first-order chi connectivity index (χ1) is 10.2. The van der Waals surface area contributed by atoms with E-state index in [0.717, 1.165) is 31.7 Å². The van der Waals surface area contributed by atoms with Crippen LogP contribution in [0.1, 0.15) is 12.8 Å². The normalized spacial score (nSPS) is 20.7. The van der Waals surface area contributed by atoms with Crippen LogP contribution in [-0.2, 0) is 10.2 Å². The number of anilines is 2. The summed E-state index contributed by atoms with van der Waals surface area (Å²) in [6, 6.07) is 3.54. The molecule has 2 N–H and O–H groups in total. The fourth-order valence-corrected chi connectivity index (χ4v) is 3.98. The molecule has 0 atom stereocenters.